The SMILES string of the molecule is CCNC(=NCCC1CCCO1)N1CCN(c2cnn(C)c2)C(=O)C1.I. The summed E-state index contributed by atoms with van der Waals surface area (Å²) in [5.74, 6) is 0.892. The van der Waals surface area contributed by atoms with Crippen molar-refractivity contribution in [2.45, 2.75) is 32.3 Å². The maximum absolute atomic E-state index is 12.6. The molecule has 0 radical (unpaired) electrons. The van der Waals surface area contributed by atoms with Gasteiger partial charge in [0.05, 0.1) is 18.0 Å². The molecular formula is C17H29IN6O2. The van der Waals surface area contributed by atoms with Crippen LogP contribution in [0.25, 0.3) is 0 Å². The lowest BCUT2D eigenvalue weighted by Gasteiger charge is -2.35. The summed E-state index contributed by atoms with van der Waals surface area (Å²) < 4.78 is 7.36. The van der Waals surface area contributed by atoms with Gasteiger partial charge in [-0.25, -0.2) is 0 Å². The van der Waals surface area contributed by atoms with Crippen molar-refractivity contribution in [1.29, 1.82) is 0 Å². The van der Waals surface area contributed by atoms with Gasteiger partial charge in [-0.3, -0.25) is 14.5 Å². The van der Waals surface area contributed by atoms with Gasteiger partial charge in [0.1, 0.15) is 6.54 Å². The van der Waals surface area contributed by atoms with Gasteiger partial charge in [0.25, 0.3) is 0 Å². The summed E-state index contributed by atoms with van der Waals surface area (Å²) >= 11 is 0. The number of anilines is 1. The van der Waals surface area contributed by atoms with Crippen molar-refractivity contribution in [3.05, 3.63) is 12.4 Å². The zero-order chi connectivity index (χ0) is 17.6. The molecule has 0 aliphatic carbocycles. The van der Waals surface area contributed by atoms with E-state index in [1.807, 2.05) is 25.1 Å². The fourth-order valence-electron chi connectivity index (χ4n) is 3.29. The Bertz CT molecular complexity index is 614. The standard InChI is InChI=1S/C17H28N6O2.HI/c1-3-18-17(19-7-6-15-5-4-10-25-15)22-8-9-23(16(24)13-22)14-11-20-21(2)12-14;/h11-12,15H,3-10,13H2,1-2H3,(H,18,19);1H. The predicted molar refractivity (Wildman–Crippen MR) is 112 cm³/mol. The molecule has 1 unspecified atom stereocenters. The van der Waals surface area contributed by atoms with Crippen molar-refractivity contribution in [2.24, 2.45) is 12.0 Å². The Morgan fingerprint density at radius 3 is 2.92 bits per heavy atom. The molecule has 1 amide bonds. The van der Waals surface area contributed by atoms with Crippen LogP contribution in [0.15, 0.2) is 17.4 Å². The first-order valence-corrected chi connectivity index (χ1v) is 9.11. The molecule has 2 fully saturated rings. The molecule has 1 atom stereocenters. The van der Waals surface area contributed by atoms with Gasteiger partial charge >= 0.3 is 0 Å². The summed E-state index contributed by atoms with van der Waals surface area (Å²) in [6.45, 7) is 6.16. The summed E-state index contributed by atoms with van der Waals surface area (Å²) in [7, 11) is 1.86. The van der Waals surface area contributed by atoms with Gasteiger partial charge in [0.2, 0.25) is 5.91 Å². The summed E-state index contributed by atoms with van der Waals surface area (Å²) in [5.41, 5.74) is 0.854. The predicted octanol–water partition coefficient (Wildman–Crippen LogP) is 1.22. The average Bonchev–Trinajstić information content (AvgIpc) is 3.26. The van der Waals surface area contributed by atoms with Crippen LogP contribution in [0.2, 0.25) is 0 Å². The number of hydrogen-bond acceptors (Lipinski definition) is 4. The summed E-state index contributed by atoms with van der Waals surface area (Å²) in [4.78, 5) is 21.1. The molecule has 2 saturated heterocycles. The first-order chi connectivity index (χ1) is 12.2. The van der Waals surface area contributed by atoms with E-state index in [0.717, 1.165) is 57.2 Å². The molecule has 0 saturated carbocycles. The third kappa shape index (κ3) is 5.32. The smallest absolute Gasteiger partial charge is 0.246 e. The summed E-state index contributed by atoms with van der Waals surface area (Å²) in [6, 6.07) is 0. The number of aromatic nitrogens is 2. The minimum Gasteiger partial charge on any atom is -0.378 e. The van der Waals surface area contributed by atoms with Crippen LogP contribution in [0.3, 0.4) is 0 Å². The van der Waals surface area contributed by atoms with E-state index in [0.29, 0.717) is 19.2 Å². The molecule has 146 valence electrons. The third-order valence-electron chi connectivity index (χ3n) is 4.59. The van der Waals surface area contributed by atoms with Crippen LogP contribution in [-0.4, -0.2) is 72.0 Å². The first-order valence-electron chi connectivity index (χ1n) is 9.11. The number of halogens is 1. The maximum Gasteiger partial charge on any atom is 0.246 e. The molecule has 26 heavy (non-hydrogen) atoms. The number of piperazine rings is 1. The Morgan fingerprint density at radius 2 is 2.31 bits per heavy atom. The molecule has 1 N–H and O–H groups in total. The quantitative estimate of drug-likeness (QED) is 0.393. The number of carbonyl (C=O) groups excluding carboxylic acids is 1. The number of nitrogens with one attached hydrogen (secondary N) is 1. The van der Waals surface area contributed by atoms with Crippen molar-refractivity contribution >= 4 is 41.5 Å². The van der Waals surface area contributed by atoms with Crippen LogP contribution in [0.4, 0.5) is 5.69 Å². The van der Waals surface area contributed by atoms with Gasteiger partial charge < -0.3 is 19.9 Å². The van der Waals surface area contributed by atoms with Crippen LogP contribution >= 0.6 is 24.0 Å². The van der Waals surface area contributed by atoms with Crippen LogP contribution < -0.4 is 10.2 Å². The summed E-state index contributed by atoms with van der Waals surface area (Å²) in [6.07, 6.45) is 7.17. The highest BCUT2D eigenvalue weighted by Gasteiger charge is 2.27. The Labute approximate surface area is 172 Å². The molecule has 3 heterocycles. The van der Waals surface area contributed by atoms with Gasteiger partial charge in [-0.15, -0.1) is 24.0 Å². The summed E-state index contributed by atoms with van der Waals surface area (Å²) in [5, 5.41) is 7.45. The number of aliphatic imine (C=N–C) groups is 1. The number of carbonyl (C=O) groups is 1. The Balaban J connectivity index is 0.00000243. The second kappa shape index (κ2) is 10.1. The highest BCUT2D eigenvalue weighted by Crippen LogP contribution is 2.17. The molecule has 0 aromatic carbocycles. The lowest BCUT2D eigenvalue weighted by Crippen LogP contribution is -2.55. The third-order valence-corrected chi connectivity index (χ3v) is 4.59. The zero-order valence-corrected chi connectivity index (χ0v) is 17.9. The zero-order valence-electron chi connectivity index (χ0n) is 15.6. The molecule has 3 rings (SSSR count). The largest absolute Gasteiger partial charge is 0.378 e. The van der Waals surface area contributed by atoms with E-state index in [2.05, 4.69) is 10.4 Å². The maximum atomic E-state index is 12.6. The number of amides is 1. The monoisotopic (exact) mass is 476 g/mol. The minimum absolute atomic E-state index is 0. The first kappa shape index (κ1) is 20.9. The number of hydrogen-bond donors (Lipinski definition) is 1. The van der Waals surface area contributed by atoms with Crippen molar-refractivity contribution in [3.63, 3.8) is 0 Å². The highest BCUT2D eigenvalue weighted by atomic mass is 127. The molecule has 8 nitrogen and oxygen atoms in total. The van der Waals surface area contributed by atoms with E-state index in [4.69, 9.17) is 9.73 Å². The lowest BCUT2D eigenvalue weighted by atomic mass is 10.2. The Kier molecular flexibility index (Phi) is 8.14. The minimum atomic E-state index is 0. The van der Waals surface area contributed by atoms with E-state index in [1.54, 1.807) is 15.8 Å². The van der Waals surface area contributed by atoms with Crippen molar-refractivity contribution in [1.82, 2.24) is 20.0 Å². The van der Waals surface area contributed by atoms with Crippen LogP contribution in [0, 0.1) is 0 Å². The fourth-order valence-corrected chi connectivity index (χ4v) is 3.29. The number of nitrogens with zero attached hydrogens (tertiary/aromatic N) is 5. The topological polar surface area (TPSA) is 75.0 Å². The van der Waals surface area contributed by atoms with E-state index < -0.39 is 0 Å². The molecule has 2 aliphatic heterocycles. The highest BCUT2D eigenvalue weighted by molar-refractivity contribution is 14.0. The van der Waals surface area contributed by atoms with Crippen LogP contribution in [0.1, 0.15) is 26.2 Å². The van der Waals surface area contributed by atoms with Crippen molar-refractivity contribution < 1.29 is 9.53 Å². The molecule has 9 heteroatoms. The molecule has 1 aromatic rings. The molecule has 0 bridgehead atoms. The lowest BCUT2D eigenvalue weighted by molar-refractivity contribution is -0.120. The number of ether oxygens (including phenoxy) is 1. The van der Waals surface area contributed by atoms with Crippen molar-refractivity contribution in [3.8, 4) is 0 Å². The van der Waals surface area contributed by atoms with E-state index >= 15 is 0 Å². The molecule has 0 spiro atoms. The second-order valence-electron chi connectivity index (χ2n) is 6.50. The second-order valence-corrected chi connectivity index (χ2v) is 6.50. The van der Waals surface area contributed by atoms with Gasteiger partial charge in [-0.1, -0.05) is 0 Å². The molecule has 2 aliphatic rings. The van der Waals surface area contributed by atoms with Crippen molar-refractivity contribution in [2.75, 3.05) is 44.2 Å². The normalized spacial score (nSPS) is 21.1. The van der Waals surface area contributed by atoms with Gasteiger partial charge in [-0.2, -0.15) is 5.10 Å². The Hall–Kier alpha value is -1.36. The van der Waals surface area contributed by atoms with E-state index in [9.17, 15) is 4.79 Å². The van der Waals surface area contributed by atoms with Gasteiger partial charge in [0, 0.05) is 46.0 Å². The number of guanidine groups is 1. The Morgan fingerprint density at radius 1 is 1.46 bits per heavy atom. The van der Waals surface area contributed by atoms with Gasteiger partial charge in [0.15, 0.2) is 5.96 Å². The van der Waals surface area contributed by atoms with Crippen LogP contribution in [-0.2, 0) is 16.6 Å². The molecule has 1 aromatic heterocycles. The fraction of sp³-hybridized carbons (Fsp3) is 0.706. The van der Waals surface area contributed by atoms with E-state index in [-0.39, 0.29) is 29.9 Å². The van der Waals surface area contributed by atoms with E-state index in [1.165, 1.54) is 0 Å². The average molecular weight is 476 g/mol. The van der Waals surface area contributed by atoms with Gasteiger partial charge in [-0.05, 0) is 26.2 Å². The number of rotatable bonds is 5. The van der Waals surface area contributed by atoms with Crippen LogP contribution in [0.5, 0.6) is 0 Å². The molecular weight excluding hydrogens is 447 g/mol. The number of aryl methyl sites for hydroxylation is 1.